The summed E-state index contributed by atoms with van der Waals surface area (Å²) in [5, 5.41) is 0. The van der Waals surface area contributed by atoms with Gasteiger partial charge in [0.05, 0.1) is 0 Å². The van der Waals surface area contributed by atoms with E-state index in [0.717, 1.165) is 6.04 Å². The van der Waals surface area contributed by atoms with Crippen molar-refractivity contribution in [2.45, 2.75) is 37.8 Å². The lowest BCUT2D eigenvalue weighted by molar-refractivity contribution is 0.0882. The molecule has 1 heterocycles. The van der Waals surface area contributed by atoms with Crippen molar-refractivity contribution in [3.05, 3.63) is 0 Å². The largest absolute Gasteiger partial charge is 0.328 e. The molecule has 3 nitrogen and oxygen atoms in total. The van der Waals surface area contributed by atoms with Crippen molar-refractivity contribution >= 4 is 0 Å². The molecule has 0 aromatic carbocycles. The Morgan fingerprint density at radius 2 is 1.50 bits per heavy atom. The third kappa shape index (κ3) is 2.47. The van der Waals surface area contributed by atoms with Gasteiger partial charge >= 0.3 is 0 Å². The van der Waals surface area contributed by atoms with Crippen LogP contribution < -0.4 is 5.73 Å². The number of likely N-dealkylation sites (N-methyl/N-ethyl adjacent to an activating group) is 1. The van der Waals surface area contributed by atoms with Gasteiger partial charge in [0.25, 0.3) is 0 Å². The van der Waals surface area contributed by atoms with Crippen LogP contribution in [0.3, 0.4) is 0 Å². The van der Waals surface area contributed by atoms with E-state index in [-0.39, 0.29) is 0 Å². The minimum absolute atomic E-state index is 0.485. The van der Waals surface area contributed by atoms with Crippen LogP contribution in [0.2, 0.25) is 0 Å². The summed E-state index contributed by atoms with van der Waals surface area (Å²) in [4.78, 5) is 5.09. The summed E-state index contributed by atoms with van der Waals surface area (Å²) in [7, 11) is 2.22. The van der Waals surface area contributed by atoms with E-state index in [1.165, 1.54) is 51.9 Å². The molecule has 1 aliphatic heterocycles. The fourth-order valence-electron chi connectivity index (χ4n) is 2.65. The SMILES string of the molecule is CN1CCN([C@H]2CC[C@@H](N)CC2)CC1. The maximum atomic E-state index is 5.92. The van der Waals surface area contributed by atoms with Crippen LogP contribution in [0, 0.1) is 0 Å². The van der Waals surface area contributed by atoms with Gasteiger partial charge in [0.1, 0.15) is 0 Å². The summed E-state index contributed by atoms with van der Waals surface area (Å²) in [6.07, 6.45) is 5.11. The minimum atomic E-state index is 0.485. The van der Waals surface area contributed by atoms with Gasteiger partial charge in [-0.3, -0.25) is 4.90 Å². The van der Waals surface area contributed by atoms with Crippen molar-refractivity contribution in [3.63, 3.8) is 0 Å². The standard InChI is InChI=1S/C11H23N3/c1-13-6-8-14(9-7-13)11-4-2-10(12)3-5-11/h10-11H,2-9,12H2,1H3/t10-,11+. The third-order valence-corrected chi connectivity index (χ3v) is 3.80. The molecular formula is C11H23N3. The summed E-state index contributed by atoms with van der Waals surface area (Å²) in [6, 6.07) is 1.32. The Labute approximate surface area is 87.2 Å². The van der Waals surface area contributed by atoms with Crippen LogP contribution in [0.1, 0.15) is 25.7 Å². The lowest BCUT2D eigenvalue weighted by Gasteiger charge is -2.40. The fourth-order valence-corrected chi connectivity index (χ4v) is 2.65. The Bertz CT molecular complexity index is 147. The highest BCUT2D eigenvalue weighted by atomic mass is 15.3. The second-order valence-electron chi connectivity index (χ2n) is 4.91. The molecule has 1 saturated carbocycles. The second kappa shape index (κ2) is 4.60. The molecule has 0 aromatic heterocycles. The van der Waals surface area contributed by atoms with Gasteiger partial charge in [0.15, 0.2) is 0 Å². The average Bonchev–Trinajstić information content (AvgIpc) is 2.21. The highest BCUT2D eigenvalue weighted by Gasteiger charge is 2.25. The molecule has 0 amide bonds. The van der Waals surface area contributed by atoms with E-state index in [0.29, 0.717) is 6.04 Å². The average molecular weight is 197 g/mol. The molecule has 0 unspecified atom stereocenters. The maximum Gasteiger partial charge on any atom is 0.0113 e. The topological polar surface area (TPSA) is 32.5 Å². The van der Waals surface area contributed by atoms with Gasteiger partial charge in [-0.1, -0.05) is 0 Å². The zero-order valence-electron chi connectivity index (χ0n) is 9.28. The zero-order chi connectivity index (χ0) is 9.97. The number of nitrogens with zero attached hydrogens (tertiary/aromatic N) is 2. The van der Waals surface area contributed by atoms with Gasteiger partial charge in [0, 0.05) is 38.3 Å². The number of nitrogens with two attached hydrogens (primary N) is 1. The van der Waals surface area contributed by atoms with E-state index in [4.69, 9.17) is 5.73 Å². The first kappa shape index (κ1) is 10.4. The van der Waals surface area contributed by atoms with Crippen LogP contribution in [-0.4, -0.2) is 55.1 Å². The molecule has 2 rings (SSSR count). The first-order valence-electron chi connectivity index (χ1n) is 5.94. The Morgan fingerprint density at radius 1 is 0.929 bits per heavy atom. The maximum absolute atomic E-state index is 5.92. The zero-order valence-corrected chi connectivity index (χ0v) is 9.28. The molecular weight excluding hydrogens is 174 g/mol. The van der Waals surface area contributed by atoms with E-state index in [2.05, 4.69) is 16.8 Å². The number of hydrogen-bond acceptors (Lipinski definition) is 3. The van der Waals surface area contributed by atoms with Crippen LogP contribution in [-0.2, 0) is 0 Å². The third-order valence-electron chi connectivity index (χ3n) is 3.80. The molecule has 0 bridgehead atoms. The van der Waals surface area contributed by atoms with E-state index in [9.17, 15) is 0 Å². The summed E-state index contributed by atoms with van der Waals surface area (Å²) < 4.78 is 0. The first-order chi connectivity index (χ1) is 6.75. The number of hydrogen-bond donors (Lipinski definition) is 1. The van der Waals surface area contributed by atoms with Crippen molar-refractivity contribution in [2.75, 3.05) is 33.2 Å². The quantitative estimate of drug-likeness (QED) is 0.664. The molecule has 1 aliphatic carbocycles. The van der Waals surface area contributed by atoms with Gasteiger partial charge in [-0.2, -0.15) is 0 Å². The van der Waals surface area contributed by atoms with E-state index < -0.39 is 0 Å². The first-order valence-corrected chi connectivity index (χ1v) is 5.94. The predicted molar refractivity (Wildman–Crippen MR) is 59.3 cm³/mol. The molecule has 2 aliphatic rings. The van der Waals surface area contributed by atoms with E-state index in [1.54, 1.807) is 0 Å². The predicted octanol–water partition coefficient (Wildman–Crippen LogP) is 0.504. The molecule has 82 valence electrons. The molecule has 0 aromatic rings. The highest BCUT2D eigenvalue weighted by Crippen LogP contribution is 2.22. The Hall–Kier alpha value is -0.120. The van der Waals surface area contributed by atoms with Crippen molar-refractivity contribution in [2.24, 2.45) is 5.73 Å². The summed E-state index contributed by atoms with van der Waals surface area (Å²) in [5.41, 5.74) is 5.92. The molecule has 0 spiro atoms. The molecule has 2 fully saturated rings. The van der Waals surface area contributed by atoms with Crippen LogP contribution in [0.15, 0.2) is 0 Å². The van der Waals surface area contributed by atoms with Gasteiger partial charge in [-0.05, 0) is 32.7 Å². The van der Waals surface area contributed by atoms with Gasteiger partial charge in [-0.25, -0.2) is 0 Å². The van der Waals surface area contributed by atoms with E-state index >= 15 is 0 Å². The lowest BCUT2D eigenvalue weighted by Crippen LogP contribution is -2.50. The molecule has 0 radical (unpaired) electrons. The highest BCUT2D eigenvalue weighted by molar-refractivity contribution is 4.83. The monoisotopic (exact) mass is 197 g/mol. The molecule has 14 heavy (non-hydrogen) atoms. The smallest absolute Gasteiger partial charge is 0.0113 e. The van der Waals surface area contributed by atoms with Crippen molar-refractivity contribution in [1.82, 2.24) is 9.80 Å². The summed E-state index contributed by atoms with van der Waals surface area (Å²) in [5.74, 6) is 0. The molecule has 3 heteroatoms. The second-order valence-corrected chi connectivity index (χ2v) is 4.91. The minimum Gasteiger partial charge on any atom is -0.328 e. The Morgan fingerprint density at radius 3 is 2.07 bits per heavy atom. The molecule has 1 saturated heterocycles. The van der Waals surface area contributed by atoms with Crippen LogP contribution in [0.5, 0.6) is 0 Å². The Balaban J connectivity index is 1.78. The van der Waals surface area contributed by atoms with Crippen LogP contribution in [0.4, 0.5) is 0 Å². The number of rotatable bonds is 1. The van der Waals surface area contributed by atoms with Gasteiger partial charge < -0.3 is 10.6 Å². The van der Waals surface area contributed by atoms with Crippen molar-refractivity contribution < 1.29 is 0 Å². The van der Waals surface area contributed by atoms with Crippen molar-refractivity contribution in [3.8, 4) is 0 Å². The normalized spacial score (nSPS) is 37.3. The van der Waals surface area contributed by atoms with Gasteiger partial charge in [-0.15, -0.1) is 0 Å². The Kier molecular flexibility index (Phi) is 3.42. The molecule has 2 N–H and O–H groups in total. The fraction of sp³-hybridized carbons (Fsp3) is 1.00. The molecule has 0 atom stereocenters. The van der Waals surface area contributed by atoms with Crippen molar-refractivity contribution in [1.29, 1.82) is 0 Å². The van der Waals surface area contributed by atoms with Crippen LogP contribution in [0.25, 0.3) is 0 Å². The summed E-state index contributed by atoms with van der Waals surface area (Å²) >= 11 is 0. The van der Waals surface area contributed by atoms with E-state index in [1.807, 2.05) is 0 Å². The lowest BCUT2D eigenvalue weighted by atomic mass is 9.90. The number of piperazine rings is 1. The summed E-state index contributed by atoms with van der Waals surface area (Å²) in [6.45, 7) is 5.00. The van der Waals surface area contributed by atoms with Gasteiger partial charge in [0.2, 0.25) is 0 Å². The van der Waals surface area contributed by atoms with Crippen LogP contribution >= 0.6 is 0 Å².